The fourth-order valence-electron chi connectivity index (χ4n) is 3.21. The lowest BCUT2D eigenvalue weighted by atomic mass is 10.1. The van der Waals surface area contributed by atoms with E-state index < -0.39 is 6.17 Å². The van der Waals surface area contributed by atoms with Crippen molar-refractivity contribution in [3.63, 3.8) is 0 Å². The summed E-state index contributed by atoms with van der Waals surface area (Å²) in [7, 11) is 1.45. The quantitative estimate of drug-likeness (QED) is 0.777. The summed E-state index contributed by atoms with van der Waals surface area (Å²) in [4.78, 5) is 17.8. The van der Waals surface area contributed by atoms with Gasteiger partial charge in [-0.3, -0.25) is 15.1 Å². The van der Waals surface area contributed by atoms with Gasteiger partial charge in [0.1, 0.15) is 5.70 Å². The van der Waals surface area contributed by atoms with Crippen LogP contribution in [-0.2, 0) is 4.79 Å². The number of aromatic hydroxyl groups is 1. The second kappa shape index (κ2) is 7.96. The number of carbonyl (C=O) groups excluding carboxylic acids is 1. The van der Waals surface area contributed by atoms with Crippen molar-refractivity contribution < 1.29 is 14.6 Å². The van der Waals surface area contributed by atoms with Gasteiger partial charge in [-0.1, -0.05) is 48.5 Å². The van der Waals surface area contributed by atoms with Crippen molar-refractivity contribution >= 4 is 40.1 Å². The van der Waals surface area contributed by atoms with Crippen LogP contribution in [0.25, 0.3) is 5.70 Å². The number of ether oxygens (including phenoxy) is 1. The number of rotatable bonds is 4. The van der Waals surface area contributed by atoms with E-state index in [4.69, 9.17) is 21.3 Å². The lowest BCUT2D eigenvalue weighted by molar-refractivity contribution is -0.116. The van der Waals surface area contributed by atoms with Crippen molar-refractivity contribution in [2.24, 2.45) is 10.1 Å². The number of amidine groups is 1. The molecule has 2 aliphatic heterocycles. The minimum absolute atomic E-state index is 0.140. The van der Waals surface area contributed by atoms with E-state index in [-0.39, 0.29) is 22.4 Å². The van der Waals surface area contributed by atoms with E-state index in [2.05, 4.69) is 17.3 Å². The summed E-state index contributed by atoms with van der Waals surface area (Å²) < 4.78 is 5.24. The van der Waals surface area contributed by atoms with Crippen LogP contribution in [0.4, 0.5) is 0 Å². The number of hydrogen-bond donors (Lipinski definition) is 2. The van der Waals surface area contributed by atoms with E-state index in [1.54, 1.807) is 17.1 Å². The molecule has 2 heterocycles. The monoisotopic (exact) mass is 430 g/mol. The minimum Gasteiger partial charge on any atom is -0.503 e. The Morgan fingerprint density at radius 2 is 2.14 bits per heavy atom. The van der Waals surface area contributed by atoms with Crippen molar-refractivity contribution in [3.05, 3.63) is 57.6 Å². The van der Waals surface area contributed by atoms with Gasteiger partial charge in [-0.05, 0) is 24.6 Å². The molecule has 0 aromatic heterocycles. The van der Waals surface area contributed by atoms with Gasteiger partial charge < -0.3 is 9.84 Å². The molecule has 7 nitrogen and oxygen atoms in total. The number of fused-ring (bicyclic) bond motifs is 2. The third kappa shape index (κ3) is 3.54. The van der Waals surface area contributed by atoms with Crippen molar-refractivity contribution in [1.29, 1.82) is 0 Å². The zero-order chi connectivity index (χ0) is 20.5. The van der Waals surface area contributed by atoms with Gasteiger partial charge in [0, 0.05) is 16.5 Å². The lowest BCUT2D eigenvalue weighted by Crippen LogP contribution is -2.50. The molecule has 0 aliphatic carbocycles. The van der Waals surface area contributed by atoms with Gasteiger partial charge in [0.05, 0.1) is 17.5 Å². The molecule has 2 aromatic rings. The maximum Gasteiger partial charge on any atom is 0.276 e. The first kappa shape index (κ1) is 19.6. The first-order valence-electron chi connectivity index (χ1n) is 9.09. The van der Waals surface area contributed by atoms with Gasteiger partial charge in [0.15, 0.2) is 22.8 Å². The highest BCUT2D eigenvalue weighted by atomic mass is 35.5. The summed E-state index contributed by atoms with van der Waals surface area (Å²) in [6, 6.07) is 10.7. The van der Waals surface area contributed by atoms with Gasteiger partial charge in [-0.2, -0.15) is 0 Å². The topological polar surface area (TPSA) is 86.5 Å². The largest absolute Gasteiger partial charge is 0.503 e. The minimum atomic E-state index is -0.629. The van der Waals surface area contributed by atoms with Crippen LogP contribution >= 0.6 is 23.4 Å². The molecular formula is C20H19ClN4O3S. The Morgan fingerprint density at radius 1 is 1.34 bits per heavy atom. The predicted molar refractivity (Wildman–Crippen MR) is 113 cm³/mol. The SMILES string of the molecule is CCCSC1=NN2C(=c3ccccc3=NC2c2cc(Cl)c(O)c(OC)c2)C(=O)N1. The highest BCUT2D eigenvalue weighted by molar-refractivity contribution is 8.13. The second-order valence-electron chi connectivity index (χ2n) is 6.47. The van der Waals surface area contributed by atoms with E-state index in [0.29, 0.717) is 27.0 Å². The number of halogens is 1. The van der Waals surface area contributed by atoms with Crippen LogP contribution in [0, 0.1) is 0 Å². The molecule has 0 saturated heterocycles. The number of methoxy groups -OCH3 is 1. The maximum atomic E-state index is 13.0. The summed E-state index contributed by atoms with van der Waals surface area (Å²) in [6.45, 7) is 2.07. The number of nitrogens with one attached hydrogen (secondary N) is 1. The average Bonchev–Trinajstić information content (AvgIpc) is 2.73. The fraction of sp³-hybridized carbons (Fsp3) is 0.250. The molecule has 29 heavy (non-hydrogen) atoms. The molecule has 0 saturated carbocycles. The number of nitrogens with zero attached hydrogens (tertiary/aromatic N) is 3. The maximum absolute atomic E-state index is 13.0. The normalized spacial score (nSPS) is 17.7. The average molecular weight is 431 g/mol. The van der Waals surface area contributed by atoms with Gasteiger partial charge >= 0.3 is 0 Å². The Hall–Kier alpha value is -2.71. The molecule has 0 spiro atoms. The Bertz CT molecular complexity index is 1140. The molecule has 0 bridgehead atoms. The number of hydrazone groups is 1. The van der Waals surface area contributed by atoms with E-state index >= 15 is 0 Å². The number of hydrogen-bond acceptors (Lipinski definition) is 7. The molecular weight excluding hydrogens is 412 g/mol. The second-order valence-corrected chi connectivity index (χ2v) is 7.97. The van der Waals surface area contributed by atoms with E-state index in [0.717, 1.165) is 12.2 Å². The predicted octanol–water partition coefficient (Wildman–Crippen LogP) is 2.34. The van der Waals surface area contributed by atoms with Gasteiger partial charge in [-0.25, -0.2) is 5.01 Å². The Balaban J connectivity index is 1.92. The molecule has 9 heteroatoms. The van der Waals surface area contributed by atoms with Gasteiger partial charge in [0.2, 0.25) is 0 Å². The summed E-state index contributed by atoms with van der Waals surface area (Å²) in [5, 5.41) is 21.3. The van der Waals surface area contributed by atoms with Crippen LogP contribution in [0.1, 0.15) is 25.1 Å². The zero-order valence-electron chi connectivity index (χ0n) is 15.8. The Kier molecular flexibility index (Phi) is 5.38. The first-order valence-corrected chi connectivity index (χ1v) is 10.5. The number of phenols is 1. The van der Waals surface area contributed by atoms with Crippen molar-refractivity contribution in [3.8, 4) is 11.5 Å². The van der Waals surface area contributed by atoms with Gasteiger partial charge in [0.25, 0.3) is 5.91 Å². The molecule has 2 aromatic carbocycles. The van der Waals surface area contributed by atoms with Crippen LogP contribution in [0.15, 0.2) is 46.5 Å². The third-order valence-electron chi connectivity index (χ3n) is 4.53. The molecule has 2 aliphatic rings. The molecule has 1 unspecified atom stereocenters. The molecule has 0 radical (unpaired) electrons. The summed E-state index contributed by atoms with van der Waals surface area (Å²) in [6.07, 6.45) is 0.326. The number of amides is 1. The number of carbonyl (C=O) groups is 1. The molecule has 0 fully saturated rings. The van der Waals surface area contributed by atoms with E-state index in [1.807, 2.05) is 24.3 Å². The zero-order valence-corrected chi connectivity index (χ0v) is 17.4. The summed E-state index contributed by atoms with van der Waals surface area (Å²) in [5.74, 6) is 0.689. The van der Waals surface area contributed by atoms with E-state index in [9.17, 15) is 9.90 Å². The van der Waals surface area contributed by atoms with Crippen LogP contribution < -0.4 is 20.6 Å². The molecule has 1 atom stereocenters. The fourth-order valence-corrected chi connectivity index (χ4v) is 4.13. The van der Waals surface area contributed by atoms with Crippen molar-refractivity contribution in [2.45, 2.75) is 19.5 Å². The highest BCUT2D eigenvalue weighted by Gasteiger charge is 2.35. The molecule has 1 amide bonds. The van der Waals surface area contributed by atoms with Crippen molar-refractivity contribution in [2.75, 3.05) is 12.9 Å². The summed E-state index contributed by atoms with van der Waals surface area (Å²) >= 11 is 7.68. The molecule has 4 rings (SSSR count). The molecule has 150 valence electrons. The number of phenolic OH excluding ortho intramolecular Hbond substituents is 1. The Morgan fingerprint density at radius 3 is 2.90 bits per heavy atom. The number of para-hydroxylation sites is 1. The lowest BCUT2D eigenvalue weighted by Gasteiger charge is -2.34. The Labute approximate surface area is 176 Å². The van der Waals surface area contributed by atoms with Crippen LogP contribution in [0.5, 0.6) is 11.5 Å². The van der Waals surface area contributed by atoms with Crippen LogP contribution in [0.2, 0.25) is 5.02 Å². The van der Waals surface area contributed by atoms with Crippen LogP contribution in [-0.4, -0.2) is 34.1 Å². The molecule has 2 N–H and O–H groups in total. The third-order valence-corrected chi connectivity index (χ3v) is 5.88. The standard InChI is InChI=1S/C20H19ClN4O3S/c1-3-8-29-20-23-19(27)16-12-6-4-5-7-14(12)22-18(25(16)24-20)11-9-13(21)17(26)15(10-11)28-2/h4-7,9-10,18,26H,3,8H2,1-2H3,(H,23,24,27). The summed E-state index contributed by atoms with van der Waals surface area (Å²) in [5.41, 5.74) is 1.07. The number of thioether (sulfide) groups is 1. The van der Waals surface area contributed by atoms with Gasteiger partial charge in [-0.15, -0.1) is 5.10 Å². The smallest absolute Gasteiger partial charge is 0.276 e. The van der Waals surface area contributed by atoms with E-state index in [1.165, 1.54) is 18.9 Å². The number of benzene rings is 2. The van der Waals surface area contributed by atoms with Crippen molar-refractivity contribution in [1.82, 2.24) is 10.3 Å². The van der Waals surface area contributed by atoms with Crippen LogP contribution in [0.3, 0.4) is 0 Å². The highest BCUT2D eigenvalue weighted by Crippen LogP contribution is 2.39. The first-order chi connectivity index (χ1) is 14.0.